The van der Waals surface area contributed by atoms with E-state index in [1.165, 1.54) is 18.3 Å². The smallest absolute Gasteiger partial charge is 0.210 e. The molecular formula is C19H16ClFN2O3S. The van der Waals surface area contributed by atoms with Crippen molar-refractivity contribution in [1.82, 2.24) is 4.98 Å². The van der Waals surface area contributed by atoms with Crippen molar-refractivity contribution in [2.24, 2.45) is 0 Å². The minimum atomic E-state index is -3.88. The molecule has 5 nitrogen and oxygen atoms in total. The summed E-state index contributed by atoms with van der Waals surface area (Å²) in [4.78, 5) is 6.41. The van der Waals surface area contributed by atoms with Gasteiger partial charge in [-0.2, -0.15) is 0 Å². The van der Waals surface area contributed by atoms with Gasteiger partial charge < -0.3 is 9.64 Å². The third kappa shape index (κ3) is 3.38. The second-order valence-electron chi connectivity index (χ2n) is 6.19. The average molecular weight is 407 g/mol. The van der Waals surface area contributed by atoms with E-state index < -0.39 is 15.7 Å². The van der Waals surface area contributed by atoms with Gasteiger partial charge in [-0.05, 0) is 42.5 Å². The van der Waals surface area contributed by atoms with Crippen molar-refractivity contribution in [2.45, 2.75) is 9.79 Å². The van der Waals surface area contributed by atoms with E-state index in [9.17, 15) is 12.8 Å². The number of nitrogens with zero attached hydrogens (tertiary/aromatic N) is 2. The number of anilines is 1. The second-order valence-corrected chi connectivity index (χ2v) is 8.54. The molecule has 1 aliphatic rings. The topological polar surface area (TPSA) is 59.5 Å². The molecule has 0 aliphatic carbocycles. The van der Waals surface area contributed by atoms with Gasteiger partial charge in [-0.1, -0.05) is 11.6 Å². The Bertz CT molecular complexity index is 1100. The molecule has 2 heterocycles. The quantitative estimate of drug-likeness (QED) is 0.621. The molecule has 8 heteroatoms. The van der Waals surface area contributed by atoms with Crippen molar-refractivity contribution in [2.75, 3.05) is 31.2 Å². The highest BCUT2D eigenvalue weighted by atomic mass is 35.5. The number of halogens is 2. The third-order valence-electron chi connectivity index (χ3n) is 4.51. The van der Waals surface area contributed by atoms with Crippen LogP contribution in [0, 0.1) is 5.82 Å². The van der Waals surface area contributed by atoms with E-state index in [4.69, 9.17) is 16.3 Å². The minimum absolute atomic E-state index is 0.0218. The Morgan fingerprint density at radius 2 is 1.78 bits per heavy atom. The molecule has 140 valence electrons. The maximum atomic E-state index is 13.3. The first kappa shape index (κ1) is 18.2. The van der Waals surface area contributed by atoms with E-state index >= 15 is 0 Å². The summed E-state index contributed by atoms with van der Waals surface area (Å²) in [6.07, 6.45) is 1.35. The van der Waals surface area contributed by atoms with Crippen LogP contribution in [-0.4, -0.2) is 39.7 Å². The lowest BCUT2D eigenvalue weighted by Gasteiger charge is -2.31. The summed E-state index contributed by atoms with van der Waals surface area (Å²) >= 11 is 6.07. The number of benzene rings is 2. The number of morpholine rings is 1. The number of aromatic nitrogens is 1. The molecule has 0 N–H and O–H groups in total. The Labute approximate surface area is 161 Å². The molecule has 0 saturated carbocycles. The van der Waals surface area contributed by atoms with Gasteiger partial charge in [-0.15, -0.1) is 0 Å². The molecule has 0 bridgehead atoms. The lowest BCUT2D eigenvalue weighted by Crippen LogP contribution is -2.37. The summed E-state index contributed by atoms with van der Waals surface area (Å²) in [5.41, 5.74) is 1.19. The van der Waals surface area contributed by atoms with Crippen LogP contribution >= 0.6 is 11.6 Å². The van der Waals surface area contributed by atoms with E-state index in [2.05, 4.69) is 4.98 Å². The predicted octanol–water partition coefficient (Wildman–Crippen LogP) is 3.70. The molecule has 0 atom stereocenters. The van der Waals surface area contributed by atoms with Gasteiger partial charge in [0.25, 0.3) is 0 Å². The van der Waals surface area contributed by atoms with Crippen molar-refractivity contribution >= 4 is 38.0 Å². The molecule has 2 aromatic carbocycles. The number of pyridine rings is 1. The Morgan fingerprint density at radius 3 is 2.48 bits per heavy atom. The van der Waals surface area contributed by atoms with Gasteiger partial charge in [0, 0.05) is 29.7 Å². The third-order valence-corrected chi connectivity index (χ3v) is 6.52. The van der Waals surface area contributed by atoms with Crippen LogP contribution in [0.25, 0.3) is 10.9 Å². The van der Waals surface area contributed by atoms with E-state index in [1.807, 2.05) is 4.90 Å². The Kier molecular flexibility index (Phi) is 4.75. The van der Waals surface area contributed by atoms with Crippen LogP contribution in [0.3, 0.4) is 0 Å². The molecule has 1 aromatic heterocycles. The maximum Gasteiger partial charge on any atom is 0.210 e. The molecular weight excluding hydrogens is 391 g/mol. The lowest BCUT2D eigenvalue weighted by molar-refractivity contribution is 0.122. The maximum absolute atomic E-state index is 13.3. The van der Waals surface area contributed by atoms with Gasteiger partial charge in [-0.3, -0.25) is 4.98 Å². The molecule has 3 aromatic rings. The van der Waals surface area contributed by atoms with Crippen molar-refractivity contribution in [3.05, 3.63) is 59.5 Å². The summed E-state index contributed by atoms with van der Waals surface area (Å²) in [5, 5.41) is 1.22. The molecule has 0 radical (unpaired) electrons. The van der Waals surface area contributed by atoms with Crippen LogP contribution in [0.5, 0.6) is 0 Å². The molecule has 0 amide bonds. The second kappa shape index (κ2) is 7.07. The number of rotatable bonds is 3. The highest BCUT2D eigenvalue weighted by Gasteiger charge is 2.27. The minimum Gasteiger partial charge on any atom is -0.378 e. The summed E-state index contributed by atoms with van der Waals surface area (Å²) in [7, 11) is -3.88. The first-order valence-corrected chi connectivity index (χ1v) is 10.2. The van der Waals surface area contributed by atoms with Crippen LogP contribution in [-0.2, 0) is 14.6 Å². The van der Waals surface area contributed by atoms with E-state index in [0.717, 1.165) is 12.1 Å². The zero-order valence-electron chi connectivity index (χ0n) is 14.2. The highest BCUT2D eigenvalue weighted by Crippen LogP contribution is 2.36. The Balaban J connectivity index is 1.96. The molecule has 0 unspecified atom stereocenters. The van der Waals surface area contributed by atoms with Crippen LogP contribution in [0.15, 0.2) is 58.5 Å². The molecule has 0 spiro atoms. The van der Waals surface area contributed by atoms with Crippen molar-refractivity contribution in [3.63, 3.8) is 0 Å². The van der Waals surface area contributed by atoms with Crippen LogP contribution in [0.4, 0.5) is 10.1 Å². The number of fused-ring (bicyclic) bond motifs is 1. The van der Waals surface area contributed by atoms with Crippen LogP contribution < -0.4 is 4.90 Å². The zero-order valence-corrected chi connectivity index (χ0v) is 15.8. The summed E-state index contributed by atoms with van der Waals surface area (Å²) in [6.45, 7) is 2.14. The number of hydrogen-bond donors (Lipinski definition) is 0. The highest BCUT2D eigenvalue weighted by molar-refractivity contribution is 7.91. The van der Waals surface area contributed by atoms with Gasteiger partial charge in [0.1, 0.15) is 10.7 Å². The monoisotopic (exact) mass is 406 g/mol. The van der Waals surface area contributed by atoms with E-state index in [-0.39, 0.29) is 9.79 Å². The fourth-order valence-corrected chi connectivity index (χ4v) is 4.78. The summed E-state index contributed by atoms with van der Waals surface area (Å²) in [6, 6.07) is 9.99. The lowest BCUT2D eigenvalue weighted by atomic mass is 10.1. The molecule has 1 saturated heterocycles. The zero-order chi connectivity index (χ0) is 19.0. The van der Waals surface area contributed by atoms with Gasteiger partial charge in [0.2, 0.25) is 9.84 Å². The standard InChI is InChI=1S/C19H16ClFN2O3S/c20-13-1-6-16-17(11-13)22-12-18(19(16)23-7-9-26-10-8-23)27(24,25)15-4-2-14(21)3-5-15/h1-6,11-12H,7-10H2. The first-order chi connectivity index (χ1) is 13.0. The van der Waals surface area contributed by atoms with Gasteiger partial charge >= 0.3 is 0 Å². The van der Waals surface area contributed by atoms with E-state index in [1.54, 1.807) is 18.2 Å². The van der Waals surface area contributed by atoms with Crippen molar-refractivity contribution in [3.8, 4) is 0 Å². The molecule has 1 fully saturated rings. The van der Waals surface area contributed by atoms with Crippen LogP contribution in [0.2, 0.25) is 5.02 Å². The predicted molar refractivity (Wildman–Crippen MR) is 102 cm³/mol. The first-order valence-electron chi connectivity index (χ1n) is 8.38. The molecule has 1 aliphatic heterocycles. The number of hydrogen-bond acceptors (Lipinski definition) is 5. The van der Waals surface area contributed by atoms with Gasteiger partial charge in [0.05, 0.1) is 29.3 Å². The fraction of sp³-hybridized carbons (Fsp3) is 0.211. The molecule has 4 rings (SSSR count). The summed E-state index contributed by atoms with van der Waals surface area (Å²) in [5.74, 6) is -0.492. The SMILES string of the molecule is O=S(=O)(c1ccc(F)cc1)c1cnc2cc(Cl)ccc2c1N1CCOCC1. The Hall–Kier alpha value is -2.22. The van der Waals surface area contributed by atoms with Crippen molar-refractivity contribution in [1.29, 1.82) is 0 Å². The van der Waals surface area contributed by atoms with Crippen molar-refractivity contribution < 1.29 is 17.5 Å². The number of ether oxygens (including phenoxy) is 1. The Morgan fingerprint density at radius 1 is 1.07 bits per heavy atom. The normalized spacial score (nSPS) is 15.3. The fourth-order valence-electron chi connectivity index (χ4n) is 3.18. The number of sulfone groups is 1. The van der Waals surface area contributed by atoms with Gasteiger partial charge in [-0.25, -0.2) is 12.8 Å². The summed E-state index contributed by atoms with van der Waals surface area (Å²) < 4.78 is 45.2. The average Bonchev–Trinajstić information content (AvgIpc) is 2.68. The van der Waals surface area contributed by atoms with E-state index in [0.29, 0.717) is 47.9 Å². The molecule has 27 heavy (non-hydrogen) atoms. The van der Waals surface area contributed by atoms with Crippen LogP contribution in [0.1, 0.15) is 0 Å². The largest absolute Gasteiger partial charge is 0.378 e. The van der Waals surface area contributed by atoms with Gasteiger partial charge in [0.15, 0.2) is 0 Å².